The average Bonchev–Trinajstić information content (AvgIpc) is 2.24. The smallest absolute Gasteiger partial charge is 0.329 e. The first-order valence-electron chi connectivity index (χ1n) is 6.33. The highest BCUT2D eigenvalue weighted by Gasteiger charge is 2.45. The van der Waals surface area contributed by atoms with Crippen LogP contribution in [0.2, 0.25) is 0 Å². The number of hydrogen-bond acceptors (Lipinski definition) is 2. The van der Waals surface area contributed by atoms with Crippen molar-refractivity contribution in [2.24, 2.45) is 5.92 Å². The van der Waals surface area contributed by atoms with Crippen molar-refractivity contribution in [3.63, 3.8) is 0 Å². The maximum absolute atomic E-state index is 11.6. The highest BCUT2D eigenvalue weighted by molar-refractivity contribution is 5.87. The van der Waals surface area contributed by atoms with Crippen LogP contribution in [0, 0.1) is 5.92 Å². The molecule has 5 nitrogen and oxygen atoms in total. The second-order valence-corrected chi connectivity index (χ2v) is 4.76. The standard InChI is InChI=1S/C12H22N2O3/c1-3-9(4-2)8-13-11(17)14-12(10(15)16)6-5-7-12/h9H,3-8H2,1-2H3,(H,15,16)(H2,13,14,17). The summed E-state index contributed by atoms with van der Waals surface area (Å²) in [5.41, 5.74) is -1.02. The minimum atomic E-state index is -1.02. The molecule has 1 aliphatic carbocycles. The third-order valence-electron chi connectivity index (χ3n) is 3.68. The molecule has 0 aromatic rings. The summed E-state index contributed by atoms with van der Waals surface area (Å²) >= 11 is 0. The molecule has 0 spiro atoms. The van der Waals surface area contributed by atoms with Crippen LogP contribution in [0.5, 0.6) is 0 Å². The zero-order valence-corrected chi connectivity index (χ0v) is 10.6. The Hall–Kier alpha value is -1.26. The van der Waals surface area contributed by atoms with E-state index in [0.29, 0.717) is 25.3 Å². The molecule has 0 aliphatic heterocycles. The Morgan fingerprint density at radius 1 is 1.29 bits per heavy atom. The van der Waals surface area contributed by atoms with Gasteiger partial charge in [-0.15, -0.1) is 0 Å². The van der Waals surface area contributed by atoms with E-state index in [-0.39, 0.29) is 6.03 Å². The molecule has 0 unspecified atom stereocenters. The van der Waals surface area contributed by atoms with E-state index in [1.165, 1.54) is 0 Å². The molecule has 0 bridgehead atoms. The third kappa shape index (κ3) is 3.35. The molecule has 0 aromatic carbocycles. The van der Waals surface area contributed by atoms with Gasteiger partial charge in [0.25, 0.3) is 0 Å². The fourth-order valence-electron chi connectivity index (χ4n) is 2.00. The van der Waals surface area contributed by atoms with Gasteiger partial charge in [-0.25, -0.2) is 9.59 Å². The number of aliphatic carboxylic acids is 1. The van der Waals surface area contributed by atoms with Crippen molar-refractivity contribution >= 4 is 12.0 Å². The van der Waals surface area contributed by atoms with Gasteiger partial charge in [0.15, 0.2) is 0 Å². The first kappa shape index (κ1) is 13.8. The van der Waals surface area contributed by atoms with Crippen molar-refractivity contribution < 1.29 is 14.7 Å². The summed E-state index contributed by atoms with van der Waals surface area (Å²) in [5, 5.41) is 14.4. The van der Waals surface area contributed by atoms with Gasteiger partial charge in [-0.3, -0.25) is 0 Å². The van der Waals surface area contributed by atoms with Crippen LogP contribution in [0.4, 0.5) is 4.79 Å². The average molecular weight is 242 g/mol. The molecule has 5 heteroatoms. The number of carbonyl (C=O) groups excluding carboxylic acids is 1. The molecule has 17 heavy (non-hydrogen) atoms. The van der Waals surface area contributed by atoms with Crippen LogP contribution in [-0.4, -0.2) is 29.2 Å². The summed E-state index contributed by atoms with van der Waals surface area (Å²) in [5.74, 6) is -0.468. The molecular weight excluding hydrogens is 220 g/mol. The molecule has 2 amide bonds. The molecule has 3 N–H and O–H groups in total. The first-order chi connectivity index (χ1) is 8.04. The van der Waals surface area contributed by atoms with Crippen LogP contribution < -0.4 is 10.6 Å². The Kier molecular flexibility index (Phi) is 4.78. The van der Waals surface area contributed by atoms with Crippen LogP contribution in [-0.2, 0) is 4.79 Å². The Morgan fingerprint density at radius 2 is 1.88 bits per heavy atom. The molecule has 0 saturated heterocycles. The van der Waals surface area contributed by atoms with Crippen LogP contribution in [0.15, 0.2) is 0 Å². The fourth-order valence-corrected chi connectivity index (χ4v) is 2.00. The van der Waals surface area contributed by atoms with Gasteiger partial charge in [-0.1, -0.05) is 26.7 Å². The minimum absolute atomic E-state index is 0.362. The highest BCUT2D eigenvalue weighted by Crippen LogP contribution is 2.31. The van der Waals surface area contributed by atoms with E-state index in [9.17, 15) is 9.59 Å². The van der Waals surface area contributed by atoms with E-state index >= 15 is 0 Å². The van der Waals surface area contributed by atoms with Gasteiger partial charge in [0, 0.05) is 6.54 Å². The quantitative estimate of drug-likeness (QED) is 0.663. The number of amides is 2. The number of nitrogens with one attached hydrogen (secondary N) is 2. The molecule has 1 rings (SSSR count). The Balaban J connectivity index is 2.36. The summed E-state index contributed by atoms with van der Waals surface area (Å²) < 4.78 is 0. The number of urea groups is 1. The third-order valence-corrected chi connectivity index (χ3v) is 3.68. The Labute approximate surface area is 102 Å². The zero-order chi connectivity index (χ0) is 12.9. The number of carboxylic acid groups (broad SMARTS) is 1. The molecule has 0 aromatic heterocycles. The fraction of sp³-hybridized carbons (Fsp3) is 0.833. The lowest BCUT2D eigenvalue weighted by Crippen LogP contribution is -2.61. The lowest BCUT2D eigenvalue weighted by atomic mass is 9.77. The summed E-state index contributed by atoms with van der Waals surface area (Å²) in [4.78, 5) is 22.7. The summed E-state index contributed by atoms with van der Waals surface area (Å²) in [6.45, 7) is 4.77. The van der Waals surface area contributed by atoms with Gasteiger partial charge in [-0.05, 0) is 25.2 Å². The predicted molar refractivity (Wildman–Crippen MR) is 64.8 cm³/mol. The van der Waals surface area contributed by atoms with E-state index < -0.39 is 11.5 Å². The number of rotatable bonds is 6. The van der Waals surface area contributed by atoms with Gasteiger partial charge in [0.1, 0.15) is 5.54 Å². The molecule has 98 valence electrons. The van der Waals surface area contributed by atoms with E-state index in [1.807, 2.05) is 0 Å². The molecular formula is C12H22N2O3. The summed E-state index contributed by atoms with van der Waals surface area (Å²) in [6.07, 6.45) is 3.95. The number of carboxylic acids is 1. The maximum Gasteiger partial charge on any atom is 0.329 e. The van der Waals surface area contributed by atoms with Gasteiger partial charge in [-0.2, -0.15) is 0 Å². The number of hydrogen-bond donors (Lipinski definition) is 3. The van der Waals surface area contributed by atoms with Crippen LogP contribution in [0.1, 0.15) is 46.0 Å². The molecule has 1 aliphatic rings. The summed E-state index contributed by atoms with van der Waals surface area (Å²) in [6, 6.07) is -0.362. The Morgan fingerprint density at radius 3 is 2.24 bits per heavy atom. The van der Waals surface area contributed by atoms with Crippen LogP contribution >= 0.6 is 0 Å². The molecule has 1 fully saturated rings. The van der Waals surface area contributed by atoms with Crippen molar-refractivity contribution in [1.29, 1.82) is 0 Å². The van der Waals surface area contributed by atoms with Crippen LogP contribution in [0.3, 0.4) is 0 Å². The molecule has 0 heterocycles. The monoisotopic (exact) mass is 242 g/mol. The van der Waals surface area contributed by atoms with Gasteiger partial charge >= 0.3 is 12.0 Å². The lowest BCUT2D eigenvalue weighted by molar-refractivity contribution is -0.148. The van der Waals surface area contributed by atoms with Gasteiger partial charge in [0.2, 0.25) is 0 Å². The van der Waals surface area contributed by atoms with Crippen molar-refractivity contribution in [2.75, 3.05) is 6.54 Å². The van der Waals surface area contributed by atoms with E-state index in [4.69, 9.17) is 5.11 Å². The van der Waals surface area contributed by atoms with Crippen LogP contribution in [0.25, 0.3) is 0 Å². The first-order valence-corrected chi connectivity index (χ1v) is 6.33. The second kappa shape index (κ2) is 5.89. The Bertz CT molecular complexity index is 283. The highest BCUT2D eigenvalue weighted by atomic mass is 16.4. The van der Waals surface area contributed by atoms with Gasteiger partial charge in [0.05, 0.1) is 0 Å². The topological polar surface area (TPSA) is 78.4 Å². The van der Waals surface area contributed by atoms with E-state index in [1.54, 1.807) is 0 Å². The molecule has 1 saturated carbocycles. The zero-order valence-electron chi connectivity index (χ0n) is 10.6. The minimum Gasteiger partial charge on any atom is -0.480 e. The summed E-state index contributed by atoms with van der Waals surface area (Å²) in [7, 11) is 0. The molecule has 0 radical (unpaired) electrons. The molecule has 0 atom stereocenters. The van der Waals surface area contributed by atoms with Gasteiger partial charge < -0.3 is 15.7 Å². The second-order valence-electron chi connectivity index (χ2n) is 4.76. The van der Waals surface area contributed by atoms with E-state index in [0.717, 1.165) is 19.3 Å². The normalized spacial score (nSPS) is 17.4. The van der Waals surface area contributed by atoms with Crippen molar-refractivity contribution in [1.82, 2.24) is 10.6 Å². The SMILES string of the molecule is CCC(CC)CNC(=O)NC1(C(=O)O)CCC1. The lowest BCUT2D eigenvalue weighted by Gasteiger charge is -2.38. The van der Waals surface area contributed by atoms with Crippen molar-refractivity contribution in [3.8, 4) is 0 Å². The van der Waals surface area contributed by atoms with Crippen molar-refractivity contribution in [2.45, 2.75) is 51.5 Å². The maximum atomic E-state index is 11.6. The van der Waals surface area contributed by atoms with Crippen molar-refractivity contribution in [3.05, 3.63) is 0 Å². The largest absolute Gasteiger partial charge is 0.480 e. The van der Waals surface area contributed by atoms with E-state index in [2.05, 4.69) is 24.5 Å². The number of carbonyl (C=O) groups is 2. The predicted octanol–water partition coefficient (Wildman–Crippen LogP) is 1.73.